The molecule has 5 nitrogen and oxygen atoms in total. The molecule has 0 atom stereocenters. The van der Waals surface area contributed by atoms with E-state index in [0.717, 1.165) is 47.1 Å². The Kier molecular flexibility index (Phi) is 6.11. The number of hydrogen-bond donors (Lipinski definition) is 0. The fourth-order valence-electron chi connectivity index (χ4n) is 9.16. The summed E-state index contributed by atoms with van der Waals surface area (Å²) in [6.45, 7) is 0. The normalized spacial score (nSPS) is 14.7. The minimum absolute atomic E-state index is 0.0874. The summed E-state index contributed by atoms with van der Waals surface area (Å²) in [5, 5.41) is 5.11. The molecule has 0 fully saturated rings. The first-order valence-corrected chi connectivity index (χ1v) is 22.3. The van der Waals surface area contributed by atoms with Crippen LogP contribution in [0.1, 0.15) is 17.8 Å². The van der Waals surface area contributed by atoms with Crippen LogP contribution in [-0.2, 0) is 0 Å². The lowest BCUT2D eigenvalue weighted by Crippen LogP contribution is -2.75. The lowest BCUT2D eigenvalue weighted by Gasteiger charge is -2.36. The molecule has 12 rings (SSSR count). The van der Waals surface area contributed by atoms with Crippen LogP contribution in [0.3, 0.4) is 0 Å². The van der Waals surface area contributed by atoms with Crippen LogP contribution >= 0.6 is 0 Å². The minimum atomic E-state index is -3.66. The molecule has 9 aromatic carbocycles. The predicted molar refractivity (Wildman–Crippen MR) is 263 cm³/mol. The van der Waals surface area contributed by atoms with Gasteiger partial charge in [0.25, 0.3) is 0 Å². The van der Waals surface area contributed by atoms with Gasteiger partial charge in [0.2, 0.25) is 5.95 Å². The highest BCUT2D eigenvalue weighted by Gasteiger charge is 2.44. The predicted octanol–water partition coefficient (Wildman–Crippen LogP) is 10.8. The molecular weight excluding hydrogens is 783 g/mol. The summed E-state index contributed by atoms with van der Waals surface area (Å²) in [4.78, 5) is 15.4. The Balaban J connectivity index is 1.36. The van der Waals surface area contributed by atoms with Gasteiger partial charge in [0.15, 0.2) is 19.7 Å². The molecule has 0 aliphatic carbocycles. The molecule has 0 aliphatic rings. The number of aromatic nitrogens is 5. The summed E-state index contributed by atoms with van der Waals surface area (Å²) in [6, 6.07) is 44.0. The van der Waals surface area contributed by atoms with E-state index in [1.54, 1.807) is 0 Å². The Morgan fingerprint density at radius 1 is 0.365 bits per heavy atom. The van der Waals surface area contributed by atoms with E-state index in [0.29, 0.717) is 11.3 Å². The summed E-state index contributed by atoms with van der Waals surface area (Å²) in [6.07, 6.45) is 0. The maximum Gasteiger partial charge on any atom is 0.238 e. The zero-order valence-corrected chi connectivity index (χ0v) is 34.2. The number of para-hydroxylation sites is 4. The molecule has 0 saturated heterocycles. The first-order chi connectivity index (χ1) is 36.7. The smallest absolute Gasteiger partial charge is 0.238 e. The second-order valence-corrected chi connectivity index (χ2v) is 18.8. The van der Waals surface area contributed by atoms with E-state index in [2.05, 4.69) is 41.0 Å². The molecule has 0 bridgehead atoms. The van der Waals surface area contributed by atoms with Crippen LogP contribution in [0.25, 0.3) is 78.0 Å². The Hall–Kier alpha value is -8.19. The van der Waals surface area contributed by atoms with Crippen LogP contribution in [0.15, 0.2) is 236 Å². The fourth-order valence-corrected chi connectivity index (χ4v) is 14.1. The van der Waals surface area contributed by atoms with Gasteiger partial charge >= 0.3 is 0 Å². The molecule has 0 radical (unpaired) electrons. The SMILES string of the molecule is [2H]c1c([2H])c([2H])c(-c2nc(-c3c(-n4c5ccccc5c5ccccc54)cccc3[Si](c3ccccc3)(c3ccccc3)c3ccccc3)nc(-n3c4c([2H])c([2H])c([2H])c([2H])c4c4c([2H])c([2H])c([2H])c([2H])c43)n2)c([2H])c1[2H]. The Morgan fingerprint density at radius 2 is 0.841 bits per heavy atom. The van der Waals surface area contributed by atoms with E-state index in [-0.39, 0.29) is 27.6 Å². The van der Waals surface area contributed by atoms with Crippen molar-refractivity contribution in [3.05, 3.63) is 236 Å². The van der Waals surface area contributed by atoms with E-state index < -0.39 is 104 Å². The summed E-state index contributed by atoms with van der Waals surface area (Å²) in [5.74, 6) is -0.921. The molecule has 63 heavy (non-hydrogen) atoms. The molecule has 0 spiro atoms. The maximum absolute atomic E-state index is 9.44. The van der Waals surface area contributed by atoms with Gasteiger partial charge < -0.3 is 4.57 Å². The molecule has 3 aromatic heterocycles. The monoisotopic (exact) mass is 834 g/mol. The highest BCUT2D eigenvalue weighted by atomic mass is 28.3. The lowest BCUT2D eigenvalue weighted by atomic mass is 10.1. The standard InChI is InChI=1S/C57H39N5Si/c1-5-22-40(23-6-1)55-58-56(60-57(59-55)62-50-36-19-15-32-46(50)47-33-16-20-37-51(47)62)54-52(61-48-34-17-13-30-44(48)45-31-14-18-35-49(45)61)38-21-39-53(54)63(41-24-7-2-8-25-41,42-26-9-3-10-27-42)43-28-11-4-12-29-43/h1-39H/i1D,5D,6D,15D,16D,19D,20D,22D,23D,32D,33D,36D,37D. The summed E-state index contributed by atoms with van der Waals surface area (Å²) in [7, 11) is -3.66. The molecule has 12 aromatic rings. The zero-order chi connectivity index (χ0) is 53.1. The van der Waals surface area contributed by atoms with Gasteiger partial charge in [-0.2, -0.15) is 9.97 Å². The van der Waals surface area contributed by atoms with Crippen molar-refractivity contribution in [3.8, 4) is 34.4 Å². The van der Waals surface area contributed by atoms with E-state index in [1.807, 2.05) is 121 Å². The van der Waals surface area contributed by atoms with Crippen molar-refractivity contribution in [3.63, 3.8) is 0 Å². The highest BCUT2D eigenvalue weighted by molar-refractivity contribution is 7.20. The second-order valence-electron chi connectivity index (χ2n) is 15.0. The Labute approximate surface area is 384 Å². The van der Waals surface area contributed by atoms with Gasteiger partial charge in [-0.3, -0.25) is 4.57 Å². The molecule has 0 amide bonds. The van der Waals surface area contributed by atoms with E-state index in [4.69, 9.17) is 24.5 Å². The molecule has 3 heterocycles. The first kappa shape index (κ1) is 25.5. The van der Waals surface area contributed by atoms with Crippen molar-refractivity contribution >= 4 is 72.4 Å². The average Bonchev–Trinajstić information content (AvgIpc) is 3.99. The Morgan fingerprint density at radius 3 is 1.40 bits per heavy atom. The third kappa shape index (κ3) is 5.80. The largest absolute Gasteiger partial charge is 0.309 e. The third-order valence-electron chi connectivity index (χ3n) is 11.7. The molecule has 0 saturated carbocycles. The average molecular weight is 835 g/mol. The Bertz CT molecular complexity index is 4140. The van der Waals surface area contributed by atoms with Crippen LogP contribution in [0.4, 0.5) is 0 Å². The van der Waals surface area contributed by atoms with Crippen molar-refractivity contribution in [1.29, 1.82) is 0 Å². The van der Waals surface area contributed by atoms with Gasteiger partial charge in [-0.05, 0) is 51.0 Å². The van der Waals surface area contributed by atoms with Crippen LogP contribution in [0.2, 0.25) is 0 Å². The second kappa shape index (κ2) is 15.1. The molecule has 296 valence electrons. The van der Waals surface area contributed by atoms with E-state index >= 15 is 0 Å². The summed E-state index contributed by atoms with van der Waals surface area (Å²) >= 11 is 0. The summed E-state index contributed by atoms with van der Waals surface area (Å²) in [5.41, 5.74) is 1.67. The van der Waals surface area contributed by atoms with Crippen LogP contribution in [-0.4, -0.2) is 32.2 Å². The molecule has 0 unspecified atom stereocenters. The van der Waals surface area contributed by atoms with Gasteiger partial charge in [-0.25, -0.2) is 4.98 Å². The quantitative estimate of drug-likeness (QED) is 0.113. The van der Waals surface area contributed by atoms with Gasteiger partial charge in [0, 0.05) is 32.7 Å². The number of rotatable bonds is 8. The molecule has 6 heteroatoms. The lowest BCUT2D eigenvalue weighted by molar-refractivity contribution is 0.952. The number of hydrogen-bond acceptors (Lipinski definition) is 3. The van der Waals surface area contributed by atoms with Gasteiger partial charge in [0.05, 0.1) is 45.6 Å². The number of fused-ring (bicyclic) bond motifs is 6. The molecular formula is C57H39N5Si. The third-order valence-corrected chi connectivity index (χ3v) is 16.5. The van der Waals surface area contributed by atoms with Crippen molar-refractivity contribution in [2.75, 3.05) is 0 Å². The zero-order valence-electron chi connectivity index (χ0n) is 46.2. The number of benzene rings is 9. The van der Waals surface area contributed by atoms with Gasteiger partial charge in [0.1, 0.15) is 0 Å². The minimum Gasteiger partial charge on any atom is -0.309 e. The number of nitrogens with zero attached hydrogens (tertiary/aromatic N) is 5. The van der Waals surface area contributed by atoms with Gasteiger partial charge in [-0.15, -0.1) is 0 Å². The van der Waals surface area contributed by atoms with Gasteiger partial charge in [-0.1, -0.05) is 206 Å². The molecule has 0 aliphatic heterocycles. The highest BCUT2D eigenvalue weighted by Crippen LogP contribution is 2.37. The molecule has 0 N–H and O–H groups in total. The topological polar surface area (TPSA) is 48.5 Å². The van der Waals surface area contributed by atoms with Crippen molar-refractivity contribution < 1.29 is 17.8 Å². The maximum atomic E-state index is 9.44. The summed E-state index contributed by atoms with van der Waals surface area (Å²) < 4.78 is 121. The van der Waals surface area contributed by atoms with E-state index in [1.165, 1.54) is 0 Å². The van der Waals surface area contributed by atoms with Crippen LogP contribution in [0.5, 0.6) is 0 Å². The first-order valence-electron chi connectivity index (χ1n) is 26.8. The van der Waals surface area contributed by atoms with Crippen molar-refractivity contribution in [2.45, 2.75) is 0 Å². The van der Waals surface area contributed by atoms with Crippen molar-refractivity contribution in [2.24, 2.45) is 0 Å². The van der Waals surface area contributed by atoms with Crippen LogP contribution in [0, 0.1) is 0 Å². The fraction of sp³-hybridized carbons (Fsp3) is 0. The van der Waals surface area contributed by atoms with Crippen LogP contribution < -0.4 is 20.7 Å². The van der Waals surface area contributed by atoms with Crippen molar-refractivity contribution in [1.82, 2.24) is 24.1 Å². The van der Waals surface area contributed by atoms with E-state index in [9.17, 15) is 8.22 Å².